The first-order chi connectivity index (χ1) is 14.9. The molecule has 0 N–H and O–H groups in total. The van der Waals surface area contributed by atoms with E-state index in [0.29, 0.717) is 0 Å². The molecular weight excluding hydrogens is 360 g/mol. The highest BCUT2D eigenvalue weighted by molar-refractivity contribution is 6.05. The molecule has 30 heavy (non-hydrogen) atoms. The second kappa shape index (κ2) is 8.23. The molecule has 0 bridgehead atoms. The van der Waals surface area contributed by atoms with Gasteiger partial charge in [-0.15, -0.1) is 0 Å². The molecule has 142 valence electrons. The number of fused-ring (bicyclic) bond motifs is 1. The molecule has 0 aliphatic heterocycles. The maximum Gasteiger partial charge on any atom is -0.00264 e. The summed E-state index contributed by atoms with van der Waals surface area (Å²) in [6.45, 7) is 0. The predicted octanol–water partition coefficient (Wildman–Crippen LogP) is 7.80. The normalized spacial score (nSPS) is 10.7. The smallest absolute Gasteiger partial charge is 0.00264 e. The third-order valence-corrected chi connectivity index (χ3v) is 5.46. The van der Waals surface area contributed by atoms with Crippen molar-refractivity contribution in [2.75, 3.05) is 0 Å². The van der Waals surface area contributed by atoms with Gasteiger partial charge < -0.3 is 0 Å². The van der Waals surface area contributed by atoms with Gasteiger partial charge in [-0.3, -0.25) is 0 Å². The summed E-state index contributed by atoms with van der Waals surface area (Å²) in [5.41, 5.74) is 9.92. The van der Waals surface area contributed by atoms with Crippen molar-refractivity contribution in [3.8, 4) is 11.1 Å². The van der Waals surface area contributed by atoms with Crippen LogP contribution in [0.3, 0.4) is 0 Å². The summed E-state index contributed by atoms with van der Waals surface area (Å²) < 4.78 is 0. The minimum Gasteiger partial charge on any atom is -0.0622 e. The average molecular weight is 383 g/mol. The maximum atomic E-state index is 2.31. The predicted molar refractivity (Wildman–Crippen MR) is 127 cm³/mol. The Bertz CT molecular complexity index is 1180. The van der Waals surface area contributed by atoms with Gasteiger partial charge in [0.2, 0.25) is 0 Å². The lowest BCUT2D eigenvalue weighted by Crippen LogP contribution is -1.96. The molecule has 0 saturated heterocycles. The van der Waals surface area contributed by atoms with Crippen molar-refractivity contribution in [3.05, 3.63) is 156 Å². The van der Waals surface area contributed by atoms with Crippen LogP contribution in [0.5, 0.6) is 0 Å². The summed E-state index contributed by atoms with van der Waals surface area (Å²) in [7, 11) is 0. The zero-order chi connectivity index (χ0) is 20.2. The molecule has 0 spiro atoms. The molecule has 0 aromatic heterocycles. The number of hydrogen-bond donors (Lipinski definition) is 0. The SMILES string of the molecule is c1ccc(C(=C(c2ccccc2)c2cc3cccccc-3c2)c2ccccc2)cc1. The van der Waals surface area contributed by atoms with Gasteiger partial charge in [0.15, 0.2) is 0 Å². The summed E-state index contributed by atoms with van der Waals surface area (Å²) in [6, 6.07) is 47.4. The van der Waals surface area contributed by atoms with E-state index in [4.69, 9.17) is 0 Å². The number of rotatable bonds is 4. The van der Waals surface area contributed by atoms with E-state index in [2.05, 4.69) is 133 Å². The standard InChI is InChI=1S/C30H22/c1-5-13-23(14-6-1)29(24-15-7-2-8-16-24)30(25-17-9-3-10-18-25)28-21-26-19-11-4-12-20-27(26)22-28/h1-22H. The number of benzene rings is 3. The molecule has 5 rings (SSSR count). The van der Waals surface area contributed by atoms with Crippen LogP contribution < -0.4 is 0 Å². The largest absolute Gasteiger partial charge is 0.0622 e. The van der Waals surface area contributed by atoms with Crippen LogP contribution in [-0.2, 0) is 0 Å². The van der Waals surface area contributed by atoms with Crippen LogP contribution in [-0.4, -0.2) is 0 Å². The van der Waals surface area contributed by atoms with E-state index in [1.54, 1.807) is 0 Å². The van der Waals surface area contributed by atoms with Gasteiger partial charge in [0.1, 0.15) is 0 Å². The molecule has 0 fully saturated rings. The molecule has 0 atom stereocenters. The lowest BCUT2D eigenvalue weighted by Gasteiger charge is -2.17. The first-order valence-electron chi connectivity index (χ1n) is 10.3. The third kappa shape index (κ3) is 3.56. The van der Waals surface area contributed by atoms with Crippen molar-refractivity contribution < 1.29 is 0 Å². The van der Waals surface area contributed by atoms with Gasteiger partial charge in [-0.2, -0.15) is 0 Å². The average Bonchev–Trinajstić information content (AvgIpc) is 3.08. The van der Waals surface area contributed by atoms with Crippen molar-refractivity contribution in [1.29, 1.82) is 0 Å². The Kier molecular flexibility index (Phi) is 4.98. The van der Waals surface area contributed by atoms with Crippen molar-refractivity contribution >= 4 is 11.1 Å². The maximum absolute atomic E-state index is 2.31. The van der Waals surface area contributed by atoms with E-state index >= 15 is 0 Å². The second-order valence-corrected chi connectivity index (χ2v) is 7.41. The van der Waals surface area contributed by atoms with Gasteiger partial charge in [-0.25, -0.2) is 0 Å². The van der Waals surface area contributed by atoms with Crippen molar-refractivity contribution in [1.82, 2.24) is 0 Å². The van der Waals surface area contributed by atoms with Crippen LogP contribution in [0.2, 0.25) is 0 Å². The summed E-state index contributed by atoms with van der Waals surface area (Å²) in [6.07, 6.45) is 0. The third-order valence-electron chi connectivity index (χ3n) is 5.46. The van der Waals surface area contributed by atoms with E-state index in [1.165, 1.54) is 44.5 Å². The molecule has 3 aromatic rings. The monoisotopic (exact) mass is 382 g/mol. The Balaban J connectivity index is 1.88. The highest BCUT2D eigenvalue weighted by Gasteiger charge is 2.18. The van der Waals surface area contributed by atoms with E-state index in [-0.39, 0.29) is 0 Å². The van der Waals surface area contributed by atoms with E-state index in [1.807, 2.05) is 0 Å². The summed E-state index contributed by atoms with van der Waals surface area (Å²) in [5.74, 6) is 0. The van der Waals surface area contributed by atoms with Crippen molar-refractivity contribution in [2.45, 2.75) is 0 Å². The molecule has 0 nitrogen and oxygen atoms in total. The van der Waals surface area contributed by atoms with Crippen LogP contribution in [0.4, 0.5) is 0 Å². The van der Waals surface area contributed by atoms with E-state index < -0.39 is 0 Å². The fourth-order valence-electron chi connectivity index (χ4n) is 4.08. The van der Waals surface area contributed by atoms with Gasteiger partial charge in [0.25, 0.3) is 0 Å². The van der Waals surface area contributed by atoms with E-state index in [9.17, 15) is 0 Å². The van der Waals surface area contributed by atoms with Crippen LogP contribution in [0.1, 0.15) is 22.3 Å². The summed E-state index contributed by atoms with van der Waals surface area (Å²) >= 11 is 0. The molecule has 3 aromatic carbocycles. The highest BCUT2D eigenvalue weighted by Crippen LogP contribution is 2.39. The Morgan fingerprint density at radius 1 is 0.300 bits per heavy atom. The molecule has 0 heteroatoms. The Morgan fingerprint density at radius 2 is 0.600 bits per heavy atom. The molecule has 2 aliphatic rings. The fraction of sp³-hybridized carbons (Fsp3) is 0. The number of hydrogen-bond acceptors (Lipinski definition) is 0. The zero-order valence-corrected chi connectivity index (χ0v) is 16.7. The molecule has 0 amide bonds. The second-order valence-electron chi connectivity index (χ2n) is 7.41. The van der Waals surface area contributed by atoms with Crippen molar-refractivity contribution in [2.24, 2.45) is 0 Å². The van der Waals surface area contributed by atoms with Crippen LogP contribution in [0, 0.1) is 0 Å². The van der Waals surface area contributed by atoms with Crippen molar-refractivity contribution in [3.63, 3.8) is 0 Å². The molecule has 0 heterocycles. The van der Waals surface area contributed by atoms with Crippen LogP contribution >= 0.6 is 0 Å². The Morgan fingerprint density at radius 3 is 0.967 bits per heavy atom. The minimum atomic E-state index is 1.22. The molecular formula is C30H22. The van der Waals surface area contributed by atoms with E-state index in [0.717, 1.165) is 0 Å². The minimum absolute atomic E-state index is 1.22. The van der Waals surface area contributed by atoms with Gasteiger partial charge in [-0.05, 0) is 56.7 Å². The summed E-state index contributed by atoms with van der Waals surface area (Å²) in [5, 5.41) is 0. The lowest BCUT2D eigenvalue weighted by molar-refractivity contribution is 1.52. The highest BCUT2D eigenvalue weighted by atomic mass is 14.2. The topological polar surface area (TPSA) is 0 Å². The first-order valence-corrected chi connectivity index (χ1v) is 10.3. The zero-order valence-electron chi connectivity index (χ0n) is 16.7. The molecule has 0 radical (unpaired) electrons. The van der Waals surface area contributed by atoms with Crippen LogP contribution in [0.25, 0.3) is 22.3 Å². The van der Waals surface area contributed by atoms with Gasteiger partial charge >= 0.3 is 0 Å². The Labute approximate surface area is 178 Å². The molecule has 0 unspecified atom stereocenters. The Hall–Kier alpha value is -3.90. The lowest BCUT2D eigenvalue weighted by atomic mass is 9.86. The quantitative estimate of drug-likeness (QED) is 0.278. The van der Waals surface area contributed by atoms with Gasteiger partial charge in [0, 0.05) is 0 Å². The first kappa shape index (κ1) is 18.1. The van der Waals surface area contributed by atoms with Gasteiger partial charge in [0.05, 0.1) is 0 Å². The molecule has 0 saturated carbocycles. The van der Waals surface area contributed by atoms with Crippen LogP contribution in [0.15, 0.2) is 133 Å². The fourth-order valence-corrected chi connectivity index (χ4v) is 4.08. The molecule has 2 aliphatic carbocycles. The van der Waals surface area contributed by atoms with Gasteiger partial charge in [-0.1, -0.05) is 121 Å². The summed E-state index contributed by atoms with van der Waals surface area (Å²) in [4.78, 5) is 0.